The second-order valence-electron chi connectivity index (χ2n) is 5.35. The van der Waals surface area contributed by atoms with Crippen molar-refractivity contribution in [2.75, 3.05) is 18.5 Å². The van der Waals surface area contributed by atoms with Crippen LogP contribution in [0.15, 0.2) is 0 Å². The van der Waals surface area contributed by atoms with E-state index in [-0.39, 0.29) is 7.92 Å². The number of hydrogen-bond donors (Lipinski definition) is 0. The molecule has 0 aliphatic carbocycles. The topological polar surface area (TPSA) is 0 Å². The Bertz CT molecular complexity index is 98.8. The molecular weight excluding hydrogens is 211 g/mol. The summed E-state index contributed by atoms with van der Waals surface area (Å²) >= 11 is 0. The molecule has 0 aromatic rings. The number of unbranched alkanes of at least 4 members (excludes halogenated alkanes) is 6. The molecule has 0 amide bonds. The monoisotopic (exact) mass is 246 g/mol. The molecule has 1 heteroatoms. The van der Waals surface area contributed by atoms with E-state index in [2.05, 4.69) is 20.8 Å². The van der Waals surface area contributed by atoms with Gasteiger partial charge in [0.2, 0.25) is 0 Å². The van der Waals surface area contributed by atoms with E-state index in [1.807, 2.05) is 0 Å². The second-order valence-corrected chi connectivity index (χ2v) is 8.82. The van der Waals surface area contributed by atoms with Crippen molar-refractivity contribution in [3.63, 3.8) is 0 Å². The Labute approximate surface area is 105 Å². The quantitative estimate of drug-likeness (QED) is 0.315. The molecule has 0 heterocycles. The van der Waals surface area contributed by atoms with E-state index < -0.39 is 0 Å². The summed E-state index contributed by atoms with van der Waals surface area (Å²) < 4.78 is 0. The maximum atomic E-state index is 2.32. The zero-order valence-electron chi connectivity index (χ0n) is 12.1. The molecular formula is C15H35P. The van der Waals surface area contributed by atoms with Gasteiger partial charge in [-0.25, -0.2) is 0 Å². The third-order valence-electron chi connectivity index (χ3n) is 3.65. The molecule has 0 fully saturated rings. The van der Waals surface area contributed by atoms with Crippen molar-refractivity contribution >= 4 is 7.92 Å². The molecule has 0 nitrogen and oxygen atoms in total. The van der Waals surface area contributed by atoms with Gasteiger partial charge < -0.3 is 0 Å². The molecule has 0 unspecified atom stereocenters. The third-order valence-corrected chi connectivity index (χ3v) is 7.32. The zero-order chi connectivity index (χ0) is 12.1. The van der Waals surface area contributed by atoms with Gasteiger partial charge >= 0.3 is 105 Å². The van der Waals surface area contributed by atoms with Crippen LogP contribution in [0.5, 0.6) is 0 Å². The van der Waals surface area contributed by atoms with E-state index in [4.69, 9.17) is 0 Å². The number of hydrogen-bond acceptors (Lipinski definition) is 0. The molecule has 0 aliphatic heterocycles. The van der Waals surface area contributed by atoms with Crippen molar-refractivity contribution < 1.29 is 0 Å². The maximum absolute atomic E-state index is 2.32. The molecule has 0 bridgehead atoms. The van der Waals surface area contributed by atoms with Gasteiger partial charge in [-0.2, -0.15) is 0 Å². The van der Waals surface area contributed by atoms with Gasteiger partial charge in [-0.1, -0.05) is 0 Å². The fourth-order valence-electron chi connectivity index (χ4n) is 2.48. The summed E-state index contributed by atoms with van der Waals surface area (Å²) in [6.07, 6.45) is 18.1. The predicted molar refractivity (Wildman–Crippen MR) is 82.9 cm³/mol. The van der Waals surface area contributed by atoms with Crippen molar-refractivity contribution in [2.24, 2.45) is 0 Å². The summed E-state index contributed by atoms with van der Waals surface area (Å²) in [5.41, 5.74) is 0. The first-order chi connectivity index (χ1) is 7.85. The van der Waals surface area contributed by atoms with Crippen LogP contribution in [0.25, 0.3) is 0 Å². The Balaban J connectivity index is 3.58. The predicted octanol–water partition coefficient (Wildman–Crippen LogP) is 5.50. The third kappa shape index (κ3) is 10.9. The van der Waals surface area contributed by atoms with E-state index in [0.717, 1.165) is 0 Å². The minimum atomic E-state index is -0.329. The van der Waals surface area contributed by atoms with E-state index in [0.29, 0.717) is 0 Å². The fraction of sp³-hybridized carbons (Fsp3) is 1.00. The van der Waals surface area contributed by atoms with Crippen LogP contribution in [-0.4, -0.2) is 18.5 Å². The second kappa shape index (κ2) is 13.5. The van der Waals surface area contributed by atoms with Gasteiger partial charge in [0.1, 0.15) is 0 Å². The normalized spacial score (nSPS) is 11.8. The molecule has 0 radical (unpaired) electrons. The van der Waals surface area contributed by atoms with Gasteiger partial charge in [-0.15, -0.1) is 0 Å². The van der Waals surface area contributed by atoms with Crippen LogP contribution in [0, 0.1) is 0 Å². The van der Waals surface area contributed by atoms with E-state index in [1.165, 1.54) is 57.8 Å². The van der Waals surface area contributed by atoms with Crippen molar-refractivity contribution in [1.82, 2.24) is 0 Å². The zero-order valence-corrected chi connectivity index (χ0v) is 13.2. The van der Waals surface area contributed by atoms with Gasteiger partial charge in [-0.3, -0.25) is 0 Å². The van der Waals surface area contributed by atoms with Gasteiger partial charge in [0.15, 0.2) is 0 Å². The first kappa shape index (κ1) is 16.4. The molecule has 0 aromatic carbocycles. The average molecular weight is 246 g/mol. The standard InChI is InChI=1S/C15H35P/c1-4-7-10-13-16(14-11-8-5-2)15-12-9-6-3/h4-16H2,1-3H3. The van der Waals surface area contributed by atoms with Gasteiger partial charge in [0.05, 0.1) is 0 Å². The molecule has 100 valence electrons. The molecule has 0 aromatic heterocycles. The molecule has 0 saturated heterocycles. The Morgan fingerprint density at radius 3 is 1.06 bits per heavy atom. The van der Waals surface area contributed by atoms with Gasteiger partial charge in [0.25, 0.3) is 0 Å². The van der Waals surface area contributed by atoms with Crippen LogP contribution in [0.4, 0.5) is 0 Å². The van der Waals surface area contributed by atoms with Crippen LogP contribution in [0.1, 0.15) is 78.6 Å². The SMILES string of the molecule is CCCCC[PH2](CCCCC)CCCCC. The van der Waals surface area contributed by atoms with Crippen LogP contribution < -0.4 is 0 Å². The molecule has 0 N–H and O–H groups in total. The summed E-state index contributed by atoms with van der Waals surface area (Å²) in [4.78, 5) is 0. The Hall–Kier alpha value is 0.430. The van der Waals surface area contributed by atoms with Crippen LogP contribution in [0.3, 0.4) is 0 Å². The Morgan fingerprint density at radius 2 is 0.812 bits per heavy atom. The Kier molecular flexibility index (Phi) is 13.9. The van der Waals surface area contributed by atoms with Crippen LogP contribution >= 0.6 is 7.92 Å². The Morgan fingerprint density at radius 1 is 0.500 bits per heavy atom. The number of rotatable bonds is 12. The summed E-state index contributed by atoms with van der Waals surface area (Å²) in [7, 11) is -0.329. The fourth-order valence-corrected chi connectivity index (χ4v) is 5.95. The molecule has 0 saturated carbocycles. The first-order valence-corrected chi connectivity index (χ1v) is 10.3. The van der Waals surface area contributed by atoms with Crippen molar-refractivity contribution in [2.45, 2.75) is 78.6 Å². The van der Waals surface area contributed by atoms with Crippen molar-refractivity contribution in [3.05, 3.63) is 0 Å². The average Bonchev–Trinajstić information content (AvgIpc) is 2.29. The molecule has 16 heavy (non-hydrogen) atoms. The van der Waals surface area contributed by atoms with Gasteiger partial charge in [-0.05, 0) is 0 Å². The molecule has 0 rings (SSSR count). The summed E-state index contributed by atoms with van der Waals surface area (Å²) in [5.74, 6) is 0. The first-order valence-electron chi connectivity index (χ1n) is 7.85. The molecule has 0 aliphatic rings. The van der Waals surface area contributed by atoms with Crippen LogP contribution in [0.2, 0.25) is 0 Å². The summed E-state index contributed by atoms with van der Waals surface area (Å²) in [6.45, 7) is 6.97. The van der Waals surface area contributed by atoms with Crippen LogP contribution in [-0.2, 0) is 0 Å². The molecule has 0 atom stereocenters. The van der Waals surface area contributed by atoms with Crippen molar-refractivity contribution in [3.8, 4) is 0 Å². The molecule has 0 spiro atoms. The van der Waals surface area contributed by atoms with E-state index in [1.54, 1.807) is 18.5 Å². The van der Waals surface area contributed by atoms with Gasteiger partial charge in [0, 0.05) is 0 Å². The van der Waals surface area contributed by atoms with Crippen molar-refractivity contribution in [1.29, 1.82) is 0 Å². The summed E-state index contributed by atoms with van der Waals surface area (Å²) in [6, 6.07) is 0. The van der Waals surface area contributed by atoms with E-state index >= 15 is 0 Å². The van der Waals surface area contributed by atoms with E-state index in [9.17, 15) is 0 Å². The summed E-state index contributed by atoms with van der Waals surface area (Å²) in [5, 5.41) is 0. The minimum absolute atomic E-state index is 0.329.